The quantitative estimate of drug-likeness (QED) is 0.155. The van der Waals surface area contributed by atoms with Crippen molar-refractivity contribution in [1.29, 1.82) is 0 Å². The molecule has 3 heterocycles. The zero-order chi connectivity index (χ0) is 31.7. The normalized spacial score (nSPS) is 12.7. The summed E-state index contributed by atoms with van der Waals surface area (Å²) in [6.07, 6.45) is -2.58. The van der Waals surface area contributed by atoms with Crippen LogP contribution in [0.25, 0.3) is 22.9 Å². The summed E-state index contributed by atoms with van der Waals surface area (Å²) in [5.41, 5.74) is 1.73. The maximum Gasteiger partial charge on any atom is 0.405 e. The SMILES string of the molecule is CC.OCC(NC(CNc1nc(-c2cc(-c3ccon3)n(Cc3ccccc3F)n2)ncc1F)C(F)(F)F)c1ccccc1. The van der Waals surface area contributed by atoms with Gasteiger partial charge in [0, 0.05) is 18.2 Å². The van der Waals surface area contributed by atoms with Gasteiger partial charge in [-0.05, 0) is 17.7 Å². The lowest BCUT2D eigenvalue weighted by molar-refractivity contribution is -0.155. The highest BCUT2D eigenvalue weighted by molar-refractivity contribution is 5.63. The number of nitrogens with zero attached hydrogens (tertiary/aromatic N) is 5. The van der Waals surface area contributed by atoms with E-state index in [9.17, 15) is 27.1 Å². The van der Waals surface area contributed by atoms with E-state index in [1.807, 2.05) is 13.8 Å². The highest BCUT2D eigenvalue weighted by Gasteiger charge is 2.41. The zero-order valence-corrected chi connectivity index (χ0v) is 23.8. The van der Waals surface area contributed by atoms with E-state index >= 15 is 0 Å². The molecule has 2 aromatic carbocycles. The van der Waals surface area contributed by atoms with Gasteiger partial charge in [0.15, 0.2) is 17.5 Å². The summed E-state index contributed by atoms with van der Waals surface area (Å²) >= 11 is 0. The molecule has 44 heavy (non-hydrogen) atoms. The molecule has 14 heteroatoms. The van der Waals surface area contributed by atoms with Crippen LogP contribution in [0.1, 0.15) is 31.0 Å². The van der Waals surface area contributed by atoms with Gasteiger partial charge in [-0.3, -0.25) is 10.00 Å². The first-order chi connectivity index (χ1) is 21.2. The largest absolute Gasteiger partial charge is 0.405 e. The summed E-state index contributed by atoms with van der Waals surface area (Å²) in [6, 6.07) is 14.2. The van der Waals surface area contributed by atoms with Gasteiger partial charge in [0.1, 0.15) is 29.5 Å². The first-order valence-corrected chi connectivity index (χ1v) is 13.7. The van der Waals surface area contributed by atoms with E-state index in [-0.39, 0.29) is 18.1 Å². The van der Waals surface area contributed by atoms with E-state index < -0.39 is 48.9 Å². The fourth-order valence-electron chi connectivity index (χ4n) is 4.25. The maximum atomic E-state index is 14.6. The van der Waals surface area contributed by atoms with Gasteiger partial charge < -0.3 is 14.9 Å². The van der Waals surface area contributed by atoms with Crippen LogP contribution in [0.2, 0.25) is 0 Å². The first-order valence-electron chi connectivity index (χ1n) is 13.7. The van der Waals surface area contributed by atoms with E-state index in [1.54, 1.807) is 54.6 Å². The van der Waals surface area contributed by atoms with Gasteiger partial charge in [0.05, 0.1) is 31.1 Å². The van der Waals surface area contributed by atoms with Crippen LogP contribution in [0, 0.1) is 11.6 Å². The Balaban J connectivity index is 0.00000216. The molecule has 232 valence electrons. The predicted octanol–water partition coefficient (Wildman–Crippen LogP) is 6.01. The number of aliphatic hydroxyl groups is 1. The van der Waals surface area contributed by atoms with E-state index in [4.69, 9.17) is 4.52 Å². The molecule has 0 aliphatic carbocycles. The van der Waals surface area contributed by atoms with Crippen molar-refractivity contribution < 1.29 is 31.6 Å². The molecule has 3 aromatic heterocycles. The number of halogens is 5. The highest BCUT2D eigenvalue weighted by atomic mass is 19.4. The third-order valence-corrected chi connectivity index (χ3v) is 6.39. The highest BCUT2D eigenvalue weighted by Crippen LogP contribution is 2.27. The Hall–Kier alpha value is -4.69. The Labute approximate surface area is 249 Å². The fraction of sp³-hybridized carbons (Fsp3) is 0.267. The topological polar surface area (TPSA) is 114 Å². The van der Waals surface area contributed by atoms with Crippen LogP contribution < -0.4 is 10.6 Å². The lowest BCUT2D eigenvalue weighted by atomic mass is 10.1. The summed E-state index contributed by atoms with van der Waals surface area (Å²) in [6.45, 7) is 2.62. The van der Waals surface area contributed by atoms with Crippen LogP contribution in [0.5, 0.6) is 0 Å². The third kappa shape index (κ3) is 7.82. The number of alkyl halides is 3. The second-order valence-corrected chi connectivity index (χ2v) is 9.23. The van der Waals surface area contributed by atoms with Crippen molar-refractivity contribution in [3.05, 3.63) is 102 Å². The maximum absolute atomic E-state index is 14.6. The number of aliphatic hydroxyl groups excluding tert-OH is 1. The molecule has 0 bridgehead atoms. The number of rotatable bonds is 11. The molecule has 0 saturated carbocycles. The molecule has 0 radical (unpaired) electrons. The number of nitrogens with one attached hydrogen (secondary N) is 2. The Morgan fingerprint density at radius 1 is 0.955 bits per heavy atom. The Morgan fingerprint density at radius 3 is 2.34 bits per heavy atom. The Kier molecular flexibility index (Phi) is 10.7. The van der Waals surface area contributed by atoms with Gasteiger partial charge >= 0.3 is 6.18 Å². The van der Waals surface area contributed by atoms with Crippen LogP contribution in [-0.4, -0.2) is 55.4 Å². The molecule has 0 spiro atoms. The molecular formula is C30H30F5N7O2. The smallest absolute Gasteiger partial charge is 0.394 e. The van der Waals surface area contributed by atoms with E-state index in [0.717, 1.165) is 6.20 Å². The van der Waals surface area contributed by atoms with Gasteiger partial charge in [-0.1, -0.05) is 67.5 Å². The summed E-state index contributed by atoms with van der Waals surface area (Å²) in [7, 11) is 0. The lowest BCUT2D eigenvalue weighted by Crippen LogP contribution is -2.49. The number of benzene rings is 2. The average molecular weight is 616 g/mol. The molecule has 0 saturated heterocycles. The monoisotopic (exact) mass is 615 g/mol. The number of hydrogen-bond donors (Lipinski definition) is 3. The van der Waals surface area contributed by atoms with Crippen molar-refractivity contribution in [1.82, 2.24) is 30.2 Å². The Morgan fingerprint density at radius 2 is 1.68 bits per heavy atom. The molecule has 3 N–H and O–H groups in total. The van der Waals surface area contributed by atoms with Gasteiger partial charge in [0.2, 0.25) is 0 Å². The lowest BCUT2D eigenvalue weighted by Gasteiger charge is -2.27. The summed E-state index contributed by atoms with van der Waals surface area (Å²) < 4.78 is 77.1. The summed E-state index contributed by atoms with van der Waals surface area (Å²) in [5, 5.41) is 22.8. The van der Waals surface area contributed by atoms with Crippen molar-refractivity contribution in [3.8, 4) is 22.9 Å². The van der Waals surface area contributed by atoms with Gasteiger partial charge in [-0.25, -0.2) is 18.7 Å². The van der Waals surface area contributed by atoms with Crippen LogP contribution in [0.4, 0.5) is 27.8 Å². The van der Waals surface area contributed by atoms with Gasteiger partial charge in [-0.15, -0.1) is 0 Å². The average Bonchev–Trinajstić information content (AvgIpc) is 3.71. The van der Waals surface area contributed by atoms with Crippen molar-refractivity contribution in [3.63, 3.8) is 0 Å². The summed E-state index contributed by atoms with van der Waals surface area (Å²) in [5.74, 6) is -2.01. The van der Waals surface area contributed by atoms with E-state index in [0.29, 0.717) is 22.5 Å². The first kappa shape index (κ1) is 32.2. The molecule has 5 rings (SSSR count). The molecule has 2 unspecified atom stereocenters. The standard InChI is InChI=1S/C28H24F5N7O2.C2H6/c29-19-9-5-4-8-18(19)15-40-24(21-10-11-42-39-21)12-22(38-40)27-34-13-20(30)26(37-27)35-14-25(28(31,32)33)36-23(16-41)17-6-2-1-3-7-17;1-2/h1-13,23,25,36,41H,14-16H2,(H,34,35,37);1-2H3. The fourth-order valence-corrected chi connectivity index (χ4v) is 4.25. The summed E-state index contributed by atoms with van der Waals surface area (Å²) in [4.78, 5) is 8.03. The molecule has 2 atom stereocenters. The molecule has 0 amide bonds. The van der Waals surface area contributed by atoms with E-state index in [1.165, 1.54) is 23.1 Å². The van der Waals surface area contributed by atoms with E-state index in [2.05, 4.69) is 30.9 Å². The zero-order valence-electron chi connectivity index (χ0n) is 23.8. The van der Waals surface area contributed by atoms with Crippen LogP contribution >= 0.6 is 0 Å². The second kappa shape index (κ2) is 14.7. The third-order valence-electron chi connectivity index (χ3n) is 6.39. The molecular weight excluding hydrogens is 585 g/mol. The molecule has 0 aliphatic heterocycles. The minimum absolute atomic E-state index is 0.00748. The minimum atomic E-state index is -4.74. The van der Waals surface area contributed by atoms with Crippen LogP contribution in [0.15, 0.2) is 83.7 Å². The van der Waals surface area contributed by atoms with Crippen molar-refractivity contribution in [2.45, 2.75) is 38.7 Å². The second-order valence-electron chi connectivity index (χ2n) is 9.23. The molecule has 0 fully saturated rings. The van der Waals surface area contributed by atoms with Crippen molar-refractivity contribution in [2.24, 2.45) is 0 Å². The molecule has 5 aromatic rings. The van der Waals surface area contributed by atoms with Crippen molar-refractivity contribution >= 4 is 5.82 Å². The number of aromatic nitrogens is 5. The minimum Gasteiger partial charge on any atom is -0.394 e. The number of anilines is 1. The van der Waals surface area contributed by atoms with Crippen molar-refractivity contribution in [2.75, 3.05) is 18.5 Å². The molecule has 0 aliphatic rings. The van der Waals surface area contributed by atoms with Gasteiger partial charge in [0.25, 0.3) is 0 Å². The van der Waals surface area contributed by atoms with Gasteiger partial charge in [-0.2, -0.15) is 18.3 Å². The van der Waals surface area contributed by atoms with Crippen LogP contribution in [-0.2, 0) is 6.54 Å². The number of hydrogen-bond acceptors (Lipinski definition) is 8. The Bertz CT molecular complexity index is 1610. The predicted molar refractivity (Wildman–Crippen MR) is 153 cm³/mol. The van der Waals surface area contributed by atoms with Crippen LogP contribution in [0.3, 0.4) is 0 Å². The molecule has 9 nitrogen and oxygen atoms in total.